The van der Waals surface area contributed by atoms with Gasteiger partial charge in [-0.3, -0.25) is 0 Å². The van der Waals surface area contributed by atoms with Gasteiger partial charge in [0.25, 0.3) is 0 Å². The fourth-order valence-electron chi connectivity index (χ4n) is 0.983. The number of nitriles is 1. The summed E-state index contributed by atoms with van der Waals surface area (Å²) in [6.45, 7) is 1.90. The van der Waals surface area contributed by atoms with Gasteiger partial charge in [-0.05, 0) is 46.7 Å². The van der Waals surface area contributed by atoms with Crippen LogP contribution in [0.1, 0.15) is 16.7 Å². The fraction of sp³-hybridized carbons (Fsp3) is 0.222. The Balaban J connectivity index is 3.28. The molecule has 0 aromatic heterocycles. The second kappa shape index (κ2) is 3.87. The molecule has 2 nitrogen and oxygen atoms in total. The highest BCUT2D eigenvalue weighted by Crippen LogP contribution is 2.17. The molecule has 1 rings (SSSR count). The summed E-state index contributed by atoms with van der Waals surface area (Å²) >= 11 is 2.11. The minimum Gasteiger partial charge on any atom is -0.392 e. The molecule has 0 aliphatic heterocycles. The summed E-state index contributed by atoms with van der Waals surface area (Å²) in [5, 5.41) is 17.6. The Bertz CT molecular complexity index is 340. The quantitative estimate of drug-likeness (QED) is 0.795. The van der Waals surface area contributed by atoms with Crippen LogP contribution in [-0.2, 0) is 6.61 Å². The Morgan fingerprint density at radius 3 is 2.75 bits per heavy atom. The van der Waals surface area contributed by atoms with Gasteiger partial charge in [0.05, 0.1) is 18.2 Å². The van der Waals surface area contributed by atoms with Gasteiger partial charge in [-0.15, -0.1) is 0 Å². The third-order valence-corrected chi connectivity index (χ3v) is 2.69. The van der Waals surface area contributed by atoms with Crippen molar-refractivity contribution in [3.05, 3.63) is 32.4 Å². The van der Waals surface area contributed by atoms with Crippen LogP contribution in [0.25, 0.3) is 0 Å². The number of aryl methyl sites for hydroxylation is 1. The molecule has 0 spiro atoms. The number of benzene rings is 1. The minimum absolute atomic E-state index is 0.0326. The van der Waals surface area contributed by atoms with E-state index in [1.807, 2.05) is 13.0 Å². The first-order valence-electron chi connectivity index (χ1n) is 3.49. The highest BCUT2D eigenvalue weighted by atomic mass is 127. The van der Waals surface area contributed by atoms with E-state index in [-0.39, 0.29) is 6.61 Å². The summed E-state index contributed by atoms with van der Waals surface area (Å²) in [6.07, 6.45) is 0. The molecule has 0 atom stereocenters. The van der Waals surface area contributed by atoms with Gasteiger partial charge in [0, 0.05) is 3.57 Å². The van der Waals surface area contributed by atoms with Crippen LogP contribution in [0.3, 0.4) is 0 Å². The van der Waals surface area contributed by atoms with Crippen LogP contribution in [-0.4, -0.2) is 5.11 Å². The molecule has 0 amide bonds. The first-order valence-corrected chi connectivity index (χ1v) is 4.57. The van der Waals surface area contributed by atoms with Crippen molar-refractivity contribution in [2.24, 2.45) is 0 Å². The molecule has 0 heterocycles. The molecule has 3 heteroatoms. The molecule has 12 heavy (non-hydrogen) atoms. The van der Waals surface area contributed by atoms with Crippen LogP contribution < -0.4 is 0 Å². The molecule has 0 saturated carbocycles. The summed E-state index contributed by atoms with van der Waals surface area (Å²) in [6, 6.07) is 5.74. The van der Waals surface area contributed by atoms with Gasteiger partial charge in [0.15, 0.2) is 0 Å². The topological polar surface area (TPSA) is 44.0 Å². The number of nitrogens with zero attached hydrogens (tertiary/aromatic N) is 1. The monoisotopic (exact) mass is 273 g/mol. The van der Waals surface area contributed by atoms with Crippen molar-refractivity contribution in [3.63, 3.8) is 0 Å². The maximum atomic E-state index is 8.92. The molecule has 1 aromatic carbocycles. The van der Waals surface area contributed by atoms with Crippen molar-refractivity contribution < 1.29 is 5.11 Å². The standard InChI is InChI=1S/C9H8INO/c1-6-2-8(5-12)9(10)3-7(6)4-11/h2-3,12H,5H2,1H3. The van der Waals surface area contributed by atoms with E-state index in [2.05, 4.69) is 28.7 Å². The zero-order valence-corrected chi connectivity index (χ0v) is 8.79. The van der Waals surface area contributed by atoms with Crippen molar-refractivity contribution in [2.75, 3.05) is 0 Å². The number of halogens is 1. The number of hydrogen-bond acceptors (Lipinski definition) is 2. The smallest absolute Gasteiger partial charge is 0.0994 e. The predicted octanol–water partition coefficient (Wildman–Crippen LogP) is 1.96. The first-order chi connectivity index (χ1) is 5.69. The van der Waals surface area contributed by atoms with Crippen molar-refractivity contribution in [2.45, 2.75) is 13.5 Å². The maximum absolute atomic E-state index is 8.92. The predicted molar refractivity (Wildman–Crippen MR) is 54.5 cm³/mol. The van der Waals surface area contributed by atoms with Crippen LogP contribution in [0.5, 0.6) is 0 Å². The average molecular weight is 273 g/mol. The van der Waals surface area contributed by atoms with Gasteiger partial charge < -0.3 is 5.11 Å². The molecule has 0 saturated heterocycles. The number of aliphatic hydroxyl groups is 1. The maximum Gasteiger partial charge on any atom is 0.0994 e. The number of aliphatic hydroxyl groups excluding tert-OH is 1. The van der Waals surface area contributed by atoms with Gasteiger partial charge >= 0.3 is 0 Å². The van der Waals surface area contributed by atoms with E-state index >= 15 is 0 Å². The van der Waals surface area contributed by atoms with Crippen LogP contribution in [0.4, 0.5) is 0 Å². The summed E-state index contributed by atoms with van der Waals surface area (Å²) in [5.74, 6) is 0. The average Bonchev–Trinajstić information content (AvgIpc) is 2.08. The van der Waals surface area contributed by atoms with E-state index in [1.165, 1.54) is 0 Å². The Morgan fingerprint density at radius 2 is 2.25 bits per heavy atom. The molecule has 1 N–H and O–H groups in total. The lowest BCUT2D eigenvalue weighted by atomic mass is 10.1. The van der Waals surface area contributed by atoms with Crippen molar-refractivity contribution in [1.82, 2.24) is 0 Å². The molecular weight excluding hydrogens is 265 g/mol. The molecule has 62 valence electrons. The fourth-order valence-corrected chi connectivity index (χ4v) is 1.62. The molecule has 0 unspecified atom stereocenters. The van der Waals surface area contributed by atoms with Crippen LogP contribution in [0, 0.1) is 21.8 Å². The van der Waals surface area contributed by atoms with E-state index in [0.717, 1.165) is 14.7 Å². The first kappa shape index (κ1) is 9.49. The molecule has 1 aromatic rings. The van der Waals surface area contributed by atoms with Gasteiger partial charge in [0.2, 0.25) is 0 Å². The Morgan fingerprint density at radius 1 is 1.58 bits per heavy atom. The van der Waals surface area contributed by atoms with Crippen molar-refractivity contribution in [1.29, 1.82) is 5.26 Å². The van der Waals surface area contributed by atoms with Gasteiger partial charge in [0.1, 0.15) is 0 Å². The van der Waals surface area contributed by atoms with E-state index in [9.17, 15) is 0 Å². The molecule has 0 fully saturated rings. The number of hydrogen-bond donors (Lipinski definition) is 1. The highest BCUT2D eigenvalue weighted by Gasteiger charge is 2.03. The third kappa shape index (κ3) is 1.76. The van der Waals surface area contributed by atoms with Crippen LogP contribution in [0.15, 0.2) is 12.1 Å². The summed E-state index contributed by atoms with van der Waals surface area (Å²) < 4.78 is 0.942. The Kier molecular flexibility index (Phi) is 3.06. The van der Waals surface area contributed by atoms with Crippen molar-refractivity contribution in [3.8, 4) is 6.07 Å². The lowest BCUT2D eigenvalue weighted by Crippen LogP contribution is -1.92. The van der Waals surface area contributed by atoms with Gasteiger partial charge in [-0.2, -0.15) is 5.26 Å². The zero-order valence-electron chi connectivity index (χ0n) is 6.63. The second-order valence-electron chi connectivity index (χ2n) is 2.53. The second-order valence-corrected chi connectivity index (χ2v) is 3.69. The van der Waals surface area contributed by atoms with E-state index in [4.69, 9.17) is 10.4 Å². The van der Waals surface area contributed by atoms with Gasteiger partial charge in [-0.25, -0.2) is 0 Å². The zero-order chi connectivity index (χ0) is 9.14. The Labute approximate surface area is 85.0 Å². The SMILES string of the molecule is Cc1cc(CO)c(I)cc1C#N. The molecule has 0 radical (unpaired) electrons. The summed E-state index contributed by atoms with van der Waals surface area (Å²) in [7, 11) is 0. The minimum atomic E-state index is 0.0326. The Hall–Kier alpha value is -0.600. The largest absolute Gasteiger partial charge is 0.392 e. The molecule has 0 bridgehead atoms. The molecule has 0 aliphatic carbocycles. The lowest BCUT2D eigenvalue weighted by Gasteiger charge is -2.03. The summed E-state index contributed by atoms with van der Waals surface area (Å²) in [5.41, 5.74) is 2.48. The van der Waals surface area contributed by atoms with E-state index in [1.54, 1.807) is 6.07 Å². The van der Waals surface area contributed by atoms with Gasteiger partial charge in [-0.1, -0.05) is 6.07 Å². The van der Waals surface area contributed by atoms with E-state index in [0.29, 0.717) is 5.56 Å². The third-order valence-electron chi connectivity index (χ3n) is 1.68. The number of rotatable bonds is 1. The lowest BCUT2D eigenvalue weighted by molar-refractivity contribution is 0.281. The van der Waals surface area contributed by atoms with Crippen molar-refractivity contribution >= 4 is 22.6 Å². The van der Waals surface area contributed by atoms with Crippen LogP contribution >= 0.6 is 22.6 Å². The molecule has 0 aliphatic rings. The molecular formula is C9H8INO. The van der Waals surface area contributed by atoms with E-state index < -0.39 is 0 Å². The van der Waals surface area contributed by atoms with Crippen LogP contribution in [0.2, 0.25) is 0 Å². The highest BCUT2D eigenvalue weighted by molar-refractivity contribution is 14.1. The normalized spacial score (nSPS) is 9.50. The summed E-state index contributed by atoms with van der Waals surface area (Å²) in [4.78, 5) is 0.